The molecule has 1 nitrogen and oxygen atoms in total. The van der Waals surface area contributed by atoms with Gasteiger partial charge in [-0.2, -0.15) is 13.2 Å². The van der Waals surface area contributed by atoms with E-state index in [1.54, 1.807) is 0 Å². The highest BCUT2D eigenvalue weighted by Gasteiger charge is 2.58. The maximum Gasteiger partial charge on any atom is 0.391 e. The molecular formula is C14H24F3N. The van der Waals surface area contributed by atoms with Gasteiger partial charge in [-0.3, -0.25) is 0 Å². The number of halogens is 3. The fourth-order valence-corrected chi connectivity index (χ4v) is 3.38. The summed E-state index contributed by atoms with van der Waals surface area (Å²) in [6.45, 7) is 7.17. The van der Waals surface area contributed by atoms with Crippen molar-refractivity contribution in [3.8, 4) is 0 Å². The van der Waals surface area contributed by atoms with Gasteiger partial charge >= 0.3 is 6.18 Å². The lowest BCUT2D eigenvalue weighted by atomic mass is 9.77. The largest absolute Gasteiger partial charge is 0.391 e. The Morgan fingerprint density at radius 1 is 1.17 bits per heavy atom. The van der Waals surface area contributed by atoms with Crippen molar-refractivity contribution in [1.29, 1.82) is 0 Å². The van der Waals surface area contributed by atoms with Crippen LogP contribution in [0, 0.1) is 17.3 Å². The van der Waals surface area contributed by atoms with Crippen LogP contribution in [0.25, 0.3) is 0 Å². The molecule has 2 aliphatic carbocycles. The lowest BCUT2D eigenvalue weighted by Gasteiger charge is -2.32. The van der Waals surface area contributed by atoms with E-state index in [9.17, 15) is 13.2 Å². The van der Waals surface area contributed by atoms with E-state index in [1.165, 1.54) is 0 Å². The zero-order chi connectivity index (χ0) is 13.6. The summed E-state index contributed by atoms with van der Waals surface area (Å²) in [6.07, 6.45) is -0.551. The van der Waals surface area contributed by atoms with E-state index < -0.39 is 12.1 Å². The zero-order valence-electron chi connectivity index (χ0n) is 11.5. The Bertz CT molecular complexity index is 305. The molecule has 1 spiro atoms. The molecule has 2 rings (SSSR count). The summed E-state index contributed by atoms with van der Waals surface area (Å²) in [7, 11) is 0. The molecule has 2 saturated carbocycles. The summed E-state index contributed by atoms with van der Waals surface area (Å²) >= 11 is 0. The van der Waals surface area contributed by atoms with Crippen molar-refractivity contribution in [3.63, 3.8) is 0 Å². The number of hydrogen-bond acceptors (Lipinski definition) is 1. The van der Waals surface area contributed by atoms with Gasteiger partial charge in [-0.1, -0.05) is 6.42 Å². The fraction of sp³-hybridized carbons (Fsp3) is 1.00. The summed E-state index contributed by atoms with van der Waals surface area (Å²) in [5, 5.41) is 3.43. The van der Waals surface area contributed by atoms with E-state index in [2.05, 4.69) is 26.1 Å². The molecule has 18 heavy (non-hydrogen) atoms. The summed E-state index contributed by atoms with van der Waals surface area (Å²) in [5.74, 6) is -0.590. The lowest BCUT2D eigenvalue weighted by Crippen LogP contribution is -2.38. The van der Waals surface area contributed by atoms with Crippen molar-refractivity contribution in [1.82, 2.24) is 5.32 Å². The van der Waals surface area contributed by atoms with Crippen LogP contribution in [0.15, 0.2) is 0 Å². The van der Waals surface area contributed by atoms with Crippen LogP contribution in [0.4, 0.5) is 13.2 Å². The Balaban J connectivity index is 1.87. The number of hydrogen-bond donors (Lipinski definition) is 1. The predicted molar refractivity (Wildman–Crippen MR) is 66.3 cm³/mol. The van der Waals surface area contributed by atoms with Crippen LogP contribution in [0.5, 0.6) is 0 Å². The van der Waals surface area contributed by atoms with E-state index in [1.807, 2.05) is 0 Å². The molecule has 3 atom stereocenters. The second kappa shape index (κ2) is 4.39. The molecule has 0 radical (unpaired) electrons. The van der Waals surface area contributed by atoms with Gasteiger partial charge < -0.3 is 5.32 Å². The van der Waals surface area contributed by atoms with Crippen molar-refractivity contribution in [2.75, 3.05) is 6.54 Å². The van der Waals surface area contributed by atoms with Crippen LogP contribution < -0.4 is 5.32 Å². The molecule has 3 unspecified atom stereocenters. The van der Waals surface area contributed by atoms with Gasteiger partial charge in [-0.25, -0.2) is 0 Å². The third kappa shape index (κ3) is 3.19. The van der Waals surface area contributed by atoms with Crippen LogP contribution in [-0.4, -0.2) is 18.3 Å². The van der Waals surface area contributed by atoms with E-state index in [0.29, 0.717) is 18.8 Å². The maximum absolute atomic E-state index is 12.8. The molecule has 0 saturated heterocycles. The van der Waals surface area contributed by atoms with Crippen molar-refractivity contribution < 1.29 is 13.2 Å². The predicted octanol–water partition coefficient (Wildman–Crippen LogP) is 4.13. The summed E-state index contributed by atoms with van der Waals surface area (Å²) in [4.78, 5) is 0. The topological polar surface area (TPSA) is 12.0 Å². The van der Waals surface area contributed by atoms with Gasteiger partial charge in [0.25, 0.3) is 0 Å². The molecule has 0 aromatic heterocycles. The Morgan fingerprint density at radius 3 is 2.39 bits per heavy atom. The minimum atomic E-state index is -3.99. The third-order valence-corrected chi connectivity index (χ3v) is 4.58. The molecule has 2 aliphatic rings. The summed E-state index contributed by atoms with van der Waals surface area (Å²) in [6, 6.07) is 0. The first-order valence-corrected chi connectivity index (χ1v) is 6.94. The van der Waals surface area contributed by atoms with Crippen LogP contribution in [0.1, 0.15) is 52.9 Å². The SMILES string of the molecule is CC(C)(C)NCC1CC12CCCC(C(F)(F)F)C2. The van der Waals surface area contributed by atoms with Crippen molar-refractivity contribution >= 4 is 0 Å². The van der Waals surface area contributed by atoms with Gasteiger partial charge in [0, 0.05) is 5.54 Å². The average Bonchev–Trinajstić information content (AvgIpc) is 2.86. The van der Waals surface area contributed by atoms with Gasteiger partial charge in [0.2, 0.25) is 0 Å². The fourth-order valence-electron chi connectivity index (χ4n) is 3.38. The summed E-state index contributed by atoms with van der Waals surface area (Å²) in [5.41, 5.74) is 0.0680. The molecule has 0 bridgehead atoms. The molecule has 0 aromatic rings. The van der Waals surface area contributed by atoms with Crippen LogP contribution in [-0.2, 0) is 0 Å². The third-order valence-electron chi connectivity index (χ3n) is 4.58. The molecule has 2 fully saturated rings. The molecule has 0 aliphatic heterocycles. The van der Waals surface area contributed by atoms with Gasteiger partial charge in [0.15, 0.2) is 0 Å². The molecule has 4 heteroatoms. The van der Waals surface area contributed by atoms with Gasteiger partial charge in [0.1, 0.15) is 0 Å². The quantitative estimate of drug-likeness (QED) is 0.789. The first kappa shape index (κ1) is 14.2. The zero-order valence-corrected chi connectivity index (χ0v) is 11.5. The van der Waals surface area contributed by atoms with E-state index in [4.69, 9.17) is 0 Å². The Hall–Kier alpha value is -0.250. The van der Waals surface area contributed by atoms with Crippen molar-refractivity contribution in [2.45, 2.75) is 64.6 Å². The van der Waals surface area contributed by atoms with Gasteiger partial charge in [-0.05, 0) is 64.3 Å². The van der Waals surface area contributed by atoms with Crippen LogP contribution in [0.3, 0.4) is 0 Å². The molecule has 0 amide bonds. The standard InChI is InChI=1S/C14H24F3N/c1-12(2,3)18-9-11-8-13(11)6-4-5-10(7-13)14(15,16)17/h10-11,18H,4-9H2,1-3H3. The smallest absolute Gasteiger partial charge is 0.312 e. The van der Waals surface area contributed by atoms with Crippen LogP contribution >= 0.6 is 0 Å². The normalized spacial score (nSPS) is 37.0. The Labute approximate surface area is 108 Å². The average molecular weight is 263 g/mol. The summed E-state index contributed by atoms with van der Waals surface area (Å²) < 4.78 is 38.4. The Morgan fingerprint density at radius 2 is 1.83 bits per heavy atom. The van der Waals surface area contributed by atoms with Gasteiger partial charge in [-0.15, -0.1) is 0 Å². The van der Waals surface area contributed by atoms with E-state index >= 15 is 0 Å². The van der Waals surface area contributed by atoms with Gasteiger partial charge in [0.05, 0.1) is 5.92 Å². The van der Waals surface area contributed by atoms with Crippen molar-refractivity contribution in [3.05, 3.63) is 0 Å². The monoisotopic (exact) mass is 263 g/mol. The second-order valence-electron chi connectivity index (χ2n) is 7.23. The maximum atomic E-state index is 12.8. The first-order valence-electron chi connectivity index (χ1n) is 6.94. The highest BCUT2D eigenvalue weighted by molar-refractivity contribution is 5.06. The number of nitrogens with one attached hydrogen (secondary N) is 1. The molecule has 0 heterocycles. The molecule has 1 N–H and O–H groups in total. The molecular weight excluding hydrogens is 239 g/mol. The minimum Gasteiger partial charge on any atom is -0.312 e. The number of rotatable bonds is 2. The van der Waals surface area contributed by atoms with E-state index in [-0.39, 0.29) is 11.0 Å². The van der Waals surface area contributed by atoms with E-state index in [0.717, 1.165) is 25.8 Å². The van der Waals surface area contributed by atoms with Crippen molar-refractivity contribution in [2.24, 2.45) is 17.3 Å². The molecule has 106 valence electrons. The molecule has 0 aromatic carbocycles. The van der Waals surface area contributed by atoms with Crippen LogP contribution in [0.2, 0.25) is 0 Å². The minimum absolute atomic E-state index is 0.0106. The number of alkyl halides is 3. The highest BCUT2D eigenvalue weighted by atomic mass is 19.4. The second-order valence-corrected chi connectivity index (χ2v) is 7.23. The lowest BCUT2D eigenvalue weighted by molar-refractivity contribution is -0.187. The highest BCUT2D eigenvalue weighted by Crippen LogP contribution is 2.63. The Kier molecular flexibility index (Phi) is 3.46. The first-order chi connectivity index (χ1) is 8.12.